The van der Waals surface area contributed by atoms with Crippen LogP contribution in [0.2, 0.25) is 0 Å². The standard InChI is InChI=1S/C16H22N2O2S2/c1-10(2)15-17-11(8-22-15)7-18-13(20)9-21-14(18)6-12(19)16(3,4)5/h6,8,10H,7,9H2,1-5H3. The fraction of sp³-hybridized carbons (Fsp3) is 0.562. The maximum absolute atomic E-state index is 12.2. The average Bonchev–Trinajstić information content (AvgIpc) is 2.99. The summed E-state index contributed by atoms with van der Waals surface area (Å²) in [5.74, 6) is 0.859. The molecule has 4 nitrogen and oxygen atoms in total. The lowest BCUT2D eigenvalue weighted by molar-refractivity contribution is -0.125. The van der Waals surface area contributed by atoms with Gasteiger partial charge in [0, 0.05) is 22.8 Å². The second-order valence-electron chi connectivity index (χ2n) is 6.70. The van der Waals surface area contributed by atoms with Gasteiger partial charge in [0.05, 0.1) is 28.0 Å². The Morgan fingerprint density at radius 2 is 2.14 bits per heavy atom. The Bertz CT molecular complexity index is 612. The number of aromatic nitrogens is 1. The van der Waals surface area contributed by atoms with Crippen LogP contribution in [0.3, 0.4) is 0 Å². The monoisotopic (exact) mass is 338 g/mol. The Morgan fingerprint density at radius 3 is 2.68 bits per heavy atom. The van der Waals surface area contributed by atoms with Gasteiger partial charge in [-0.25, -0.2) is 4.98 Å². The van der Waals surface area contributed by atoms with Gasteiger partial charge in [0.25, 0.3) is 0 Å². The van der Waals surface area contributed by atoms with Crippen LogP contribution in [0, 0.1) is 5.41 Å². The molecule has 1 amide bonds. The number of nitrogens with zero attached hydrogens (tertiary/aromatic N) is 2. The van der Waals surface area contributed by atoms with Gasteiger partial charge >= 0.3 is 0 Å². The number of rotatable bonds is 4. The van der Waals surface area contributed by atoms with E-state index in [4.69, 9.17) is 0 Å². The predicted octanol–water partition coefficient (Wildman–Crippen LogP) is 3.80. The molecule has 6 heteroatoms. The Labute approximate surface area is 140 Å². The predicted molar refractivity (Wildman–Crippen MR) is 91.8 cm³/mol. The lowest BCUT2D eigenvalue weighted by Gasteiger charge is -2.18. The summed E-state index contributed by atoms with van der Waals surface area (Å²) in [7, 11) is 0. The summed E-state index contributed by atoms with van der Waals surface area (Å²) in [6.45, 7) is 10.3. The molecule has 0 saturated carbocycles. The summed E-state index contributed by atoms with van der Waals surface area (Å²) in [5, 5.41) is 3.81. The van der Waals surface area contributed by atoms with Crippen molar-refractivity contribution in [2.24, 2.45) is 5.41 Å². The molecule has 0 atom stereocenters. The second-order valence-corrected chi connectivity index (χ2v) is 8.58. The lowest BCUT2D eigenvalue weighted by Crippen LogP contribution is -2.26. The summed E-state index contributed by atoms with van der Waals surface area (Å²) in [6.07, 6.45) is 1.60. The molecule has 0 radical (unpaired) electrons. The molecule has 0 aliphatic carbocycles. The molecule has 0 bridgehead atoms. The molecular formula is C16H22N2O2S2. The molecule has 2 rings (SSSR count). The van der Waals surface area contributed by atoms with Gasteiger partial charge in [0.1, 0.15) is 0 Å². The highest BCUT2D eigenvalue weighted by molar-refractivity contribution is 8.04. The minimum atomic E-state index is -0.434. The van der Waals surface area contributed by atoms with Gasteiger partial charge < -0.3 is 0 Å². The first-order valence-electron chi connectivity index (χ1n) is 7.32. The molecular weight excluding hydrogens is 316 g/mol. The zero-order chi connectivity index (χ0) is 16.5. The third-order valence-corrected chi connectivity index (χ3v) is 5.51. The maximum Gasteiger partial charge on any atom is 0.238 e. The first-order valence-corrected chi connectivity index (χ1v) is 9.18. The van der Waals surface area contributed by atoms with Crippen molar-refractivity contribution in [2.45, 2.75) is 47.1 Å². The zero-order valence-corrected chi connectivity index (χ0v) is 15.3. The molecule has 22 heavy (non-hydrogen) atoms. The number of amides is 1. The van der Waals surface area contributed by atoms with Crippen LogP contribution >= 0.6 is 23.1 Å². The average molecular weight is 338 g/mol. The molecule has 0 unspecified atom stereocenters. The van der Waals surface area contributed by atoms with Crippen molar-refractivity contribution < 1.29 is 9.59 Å². The summed E-state index contributed by atoms with van der Waals surface area (Å²) < 4.78 is 0. The van der Waals surface area contributed by atoms with Gasteiger partial charge in [-0.05, 0) is 0 Å². The Hall–Kier alpha value is -1.14. The lowest BCUT2D eigenvalue weighted by atomic mass is 9.91. The van der Waals surface area contributed by atoms with E-state index in [1.807, 2.05) is 26.2 Å². The normalized spacial score (nSPS) is 17.8. The first kappa shape index (κ1) is 17.2. The summed E-state index contributed by atoms with van der Waals surface area (Å²) in [4.78, 5) is 30.5. The fourth-order valence-electron chi connectivity index (χ4n) is 1.85. The zero-order valence-electron chi connectivity index (χ0n) is 13.7. The van der Waals surface area contributed by atoms with E-state index in [-0.39, 0.29) is 11.7 Å². The van der Waals surface area contributed by atoms with E-state index in [9.17, 15) is 9.59 Å². The number of thioether (sulfide) groups is 1. The van der Waals surface area contributed by atoms with Crippen molar-refractivity contribution in [3.05, 3.63) is 27.2 Å². The van der Waals surface area contributed by atoms with E-state index in [1.54, 1.807) is 22.3 Å². The minimum Gasteiger partial charge on any atom is -0.300 e. The van der Waals surface area contributed by atoms with Crippen LogP contribution in [0.25, 0.3) is 0 Å². The largest absolute Gasteiger partial charge is 0.300 e. The fourth-order valence-corrected chi connectivity index (χ4v) is 3.62. The summed E-state index contributed by atoms with van der Waals surface area (Å²) >= 11 is 3.05. The summed E-state index contributed by atoms with van der Waals surface area (Å²) in [5.41, 5.74) is 0.453. The van der Waals surface area contributed by atoms with Gasteiger partial charge in [-0.15, -0.1) is 11.3 Å². The molecule has 120 valence electrons. The van der Waals surface area contributed by atoms with Gasteiger partial charge in [0.2, 0.25) is 5.91 Å². The number of carbonyl (C=O) groups is 2. The topological polar surface area (TPSA) is 50.3 Å². The van der Waals surface area contributed by atoms with Crippen LogP contribution in [0.5, 0.6) is 0 Å². The van der Waals surface area contributed by atoms with Crippen molar-refractivity contribution in [3.63, 3.8) is 0 Å². The van der Waals surface area contributed by atoms with Crippen molar-refractivity contribution in [1.82, 2.24) is 9.88 Å². The quantitative estimate of drug-likeness (QED) is 0.784. The van der Waals surface area contributed by atoms with Crippen LogP contribution in [-0.2, 0) is 16.1 Å². The molecule has 1 saturated heterocycles. The van der Waals surface area contributed by atoms with E-state index in [1.165, 1.54) is 11.8 Å². The SMILES string of the molecule is CC(C)c1nc(CN2C(=O)CSC2=CC(=O)C(C)(C)C)cs1. The van der Waals surface area contributed by atoms with Gasteiger partial charge in [-0.2, -0.15) is 0 Å². The maximum atomic E-state index is 12.2. The minimum absolute atomic E-state index is 0.0378. The van der Waals surface area contributed by atoms with E-state index in [2.05, 4.69) is 18.8 Å². The van der Waals surface area contributed by atoms with Gasteiger partial charge in [0.15, 0.2) is 5.78 Å². The van der Waals surface area contributed by atoms with E-state index < -0.39 is 5.41 Å². The second kappa shape index (κ2) is 6.54. The number of ketones is 1. The van der Waals surface area contributed by atoms with Gasteiger partial charge in [-0.1, -0.05) is 46.4 Å². The third kappa shape index (κ3) is 3.98. The smallest absolute Gasteiger partial charge is 0.238 e. The van der Waals surface area contributed by atoms with E-state index in [0.29, 0.717) is 18.2 Å². The molecule has 2 heterocycles. The highest BCUT2D eigenvalue weighted by Crippen LogP contribution is 2.32. The molecule has 0 aromatic carbocycles. The molecule has 1 aromatic heterocycles. The molecule has 1 aromatic rings. The van der Waals surface area contributed by atoms with Crippen LogP contribution in [0.4, 0.5) is 0 Å². The number of carbonyl (C=O) groups excluding carboxylic acids is 2. The first-order chi connectivity index (χ1) is 10.2. The van der Waals surface area contributed by atoms with Crippen LogP contribution in [-0.4, -0.2) is 27.3 Å². The Morgan fingerprint density at radius 1 is 1.45 bits per heavy atom. The molecule has 1 fully saturated rings. The van der Waals surface area contributed by atoms with Crippen molar-refractivity contribution >= 4 is 34.8 Å². The summed E-state index contributed by atoms with van der Waals surface area (Å²) in [6, 6.07) is 0. The third-order valence-electron chi connectivity index (χ3n) is 3.29. The van der Waals surface area contributed by atoms with Crippen LogP contribution < -0.4 is 0 Å². The highest BCUT2D eigenvalue weighted by Gasteiger charge is 2.30. The number of thiazole rings is 1. The van der Waals surface area contributed by atoms with E-state index in [0.717, 1.165) is 15.7 Å². The van der Waals surface area contributed by atoms with Crippen molar-refractivity contribution in [3.8, 4) is 0 Å². The van der Waals surface area contributed by atoms with Gasteiger partial charge in [-0.3, -0.25) is 14.5 Å². The number of hydrogen-bond acceptors (Lipinski definition) is 5. The Balaban J connectivity index is 2.17. The molecule has 1 aliphatic rings. The highest BCUT2D eigenvalue weighted by atomic mass is 32.2. The van der Waals surface area contributed by atoms with Crippen LogP contribution in [0.1, 0.15) is 51.2 Å². The van der Waals surface area contributed by atoms with E-state index >= 15 is 0 Å². The Kier molecular flexibility index (Phi) is 5.12. The van der Waals surface area contributed by atoms with Crippen molar-refractivity contribution in [1.29, 1.82) is 0 Å². The number of hydrogen-bond donors (Lipinski definition) is 0. The number of allylic oxidation sites excluding steroid dienone is 1. The molecule has 0 spiro atoms. The van der Waals surface area contributed by atoms with Crippen LogP contribution in [0.15, 0.2) is 16.5 Å². The molecule has 0 N–H and O–H groups in total. The molecule has 1 aliphatic heterocycles. The van der Waals surface area contributed by atoms with Crippen molar-refractivity contribution in [2.75, 3.05) is 5.75 Å².